The maximum Gasteiger partial charge on any atom is 0.573 e. The van der Waals surface area contributed by atoms with Crippen LogP contribution in [0.4, 0.5) is 13.2 Å². The Hall–Kier alpha value is -3.19. The molecule has 0 aliphatic heterocycles. The Morgan fingerprint density at radius 1 is 0.968 bits per heavy atom. The van der Waals surface area contributed by atoms with Gasteiger partial charge in [-0.1, -0.05) is 30.3 Å². The van der Waals surface area contributed by atoms with Crippen LogP contribution in [0.1, 0.15) is 18.4 Å². The Bertz CT molecular complexity index is 1210. The molecule has 0 bridgehead atoms. The zero-order valence-electron chi connectivity index (χ0n) is 17.1. The van der Waals surface area contributed by atoms with Crippen LogP contribution < -0.4 is 15.2 Å². The van der Waals surface area contributed by atoms with Gasteiger partial charge in [-0.3, -0.25) is 0 Å². The normalized spacial score (nSPS) is 11.9. The number of nitrogens with two attached hydrogens (primary N) is 1. The number of nitrogens with one attached hydrogen (secondary N) is 1. The fourth-order valence-corrected chi connectivity index (χ4v) is 4.02. The molecule has 0 aliphatic carbocycles. The van der Waals surface area contributed by atoms with E-state index >= 15 is 0 Å². The van der Waals surface area contributed by atoms with Gasteiger partial charge >= 0.3 is 6.36 Å². The number of hydrogen-bond donors (Lipinski definition) is 2. The van der Waals surface area contributed by atoms with Gasteiger partial charge in [0.15, 0.2) is 0 Å². The lowest BCUT2D eigenvalue weighted by atomic mass is 9.97. The fraction of sp³-hybridized carbons (Fsp3) is 0.250. The topological polar surface area (TPSA) is 60.3 Å². The van der Waals surface area contributed by atoms with Crippen molar-refractivity contribution in [2.75, 3.05) is 13.7 Å². The monoisotopic (exact) mass is 428 g/mol. The molecule has 0 saturated carbocycles. The van der Waals surface area contributed by atoms with Crippen LogP contribution in [0.15, 0.2) is 54.6 Å². The molecule has 4 rings (SSSR count). The molecule has 4 nitrogen and oxygen atoms in total. The van der Waals surface area contributed by atoms with Crippen LogP contribution in [0.5, 0.6) is 11.5 Å². The zero-order valence-corrected chi connectivity index (χ0v) is 17.1. The molecule has 1 aromatic heterocycles. The number of H-pyrrole nitrogens is 1. The predicted molar refractivity (Wildman–Crippen MR) is 116 cm³/mol. The summed E-state index contributed by atoms with van der Waals surface area (Å²) in [6, 6.07) is 16.3. The van der Waals surface area contributed by atoms with Gasteiger partial charge in [-0.25, -0.2) is 0 Å². The molecule has 3 N–H and O–H groups in total. The minimum atomic E-state index is -4.74. The van der Waals surface area contributed by atoms with E-state index in [1.165, 1.54) is 12.1 Å². The average molecular weight is 428 g/mol. The third kappa shape index (κ3) is 4.32. The highest BCUT2D eigenvalue weighted by atomic mass is 19.4. The van der Waals surface area contributed by atoms with Crippen molar-refractivity contribution in [3.8, 4) is 22.8 Å². The summed E-state index contributed by atoms with van der Waals surface area (Å²) < 4.78 is 48.2. The number of rotatable bonds is 7. The van der Waals surface area contributed by atoms with E-state index in [0.29, 0.717) is 18.4 Å². The van der Waals surface area contributed by atoms with Gasteiger partial charge in [0.25, 0.3) is 0 Å². The lowest BCUT2D eigenvalue weighted by molar-refractivity contribution is -0.274. The lowest BCUT2D eigenvalue weighted by Crippen LogP contribution is -2.16. The summed E-state index contributed by atoms with van der Waals surface area (Å²) in [6.07, 6.45) is -2.44. The van der Waals surface area contributed by atoms with E-state index in [1.807, 2.05) is 36.4 Å². The predicted octanol–water partition coefficient (Wildman–Crippen LogP) is 6.18. The second-order valence-electron chi connectivity index (χ2n) is 7.35. The second kappa shape index (κ2) is 8.51. The number of alkyl halides is 3. The Morgan fingerprint density at radius 3 is 2.52 bits per heavy atom. The van der Waals surface area contributed by atoms with Gasteiger partial charge in [0.2, 0.25) is 0 Å². The Morgan fingerprint density at radius 2 is 1.77 bits per heavy atom. The molecular weight excluding hydrogens is 405 g/mol. The number of methoxy groups -OCH3 is 1. The van der Waals surface area contributed by atoms with E-state index in [4.69, 9.17) is 10.5 Å². The minimum Gasteiger partial charge on any atom is -0.495 e. The average Bonchev–Trinajstić information content (AvgIpc) is 3.09. The summed E-state index contributed by atoms with van der Waals surface area (Å²) in [5.74, 6) is 0.479. The van der Waals surface area contributed by atoms with Crippen molar-refractivity contribution in [3.63, 3.8) is 0 Å². The van der Waals surface area contributed by atoms with Crippen LogP contribution >= 0.6 is 0 Å². The summed E-state index contributed by atoms with van der Waals surface area (Å²) in [4.78, 5) is 3.39. The van der Waals surface area contributed by atoms with Crippen molar-refractivity contribution in [2.24, 2.45) is 5.73 Å². The van der Waals surface area contributed by atoms with Gasteiger partial charge in [-0.2, -0.15) is 0 Å². The van der Waals surface area contributed by atoms with Gasteiger partial charge in [0.05, 0.1) is 12.8 Å². The van der Waals surface area contributed by atoms with Crippen LogP contribution in [0, 0.1) is 0 Å². The van der Waals surface area contributed by atoms with Crippen molar-refractivity contribution in [2.45, 2.75) is 25.6 Å². The van der Waals surface area contributed by atoms with Crippen LogP contribution in [0.25, 0.3) is 32.9 Å². The quantitative estimate of drug-likeness (QED) is 0.346. The van der Waals surface area contributed by atoms with E-state index in [0.717, 1.165) is 51.7 Å². The highest BCUT2D eigenvalue weighted by molar-refractivity contribution is 5.98. The molecule has 0 saturated heterocycles. The fourth-order valence-electron chi connectivity index (χ4n) is 4.02. The number of hydrogen-bond acceptors (Lipinski definition) is 3. The van der Waals surface area contributed by atoms with Crippen molar-refractivity contribution < 1.29 is 22.6 Å². The highest BCUT2D eigenvalue weighted by Crippen LogP contribution is 2.41. The summed E-state index contributed by atoms with van der Waals surface area (Å²) in [6.45, 7) is 0.555. The maximum atomic E-state index is 12.7. The number of aryl methyl sites for hydroxylation is 1. The first kappa shape index (κ1) is 21.1. The van der Waals surface area contributed by atoms with Crippen LogP contribution in [-0.2, 0) is 6.42 Å². The Balaban J connectivity index is 1.90. The number of aromatic nitrogens is 1. The summed E-state index contributed by atoms with van der Waals surface area (Å²) in [5.41, 5.74) is 9.01. The molecule has 0 aliphatic rings. The SMILES string of the molecule is COc1c(-c2[nH]c3ccc(OC(F)(F)F)cc3c2CCCCN)ccc2ccccc12. The second-order valence-corrected chi connectivity index (χ2v) is 7.35. The Labute approximate surface area is 177 Å². The summed E-state index contributed by atoms with van der Waals surface area (Å²) in [5, 5.41) is 2.71. The standard InChI is InChI=1S/C24H23F3N2O2/c1-30-23-17-7-3-2-6-15(17)9-11-19(23)22-18(8-4-5-13-28)20-14-16(31-24(25,26)27)10-12-21(20)29-22/h2-3,6-7,9-12,14,29H,4-5,8,13,28H2,1H3. The number of aromatic amines is 1. The largest absolute Gasteiger partial charge is 0.573 e. The van der Waals surface area contributed by atoms with E-state index < -0.39 is 6.36 Å². The molecule has 3 aromatic carbocycles. The van der Waals surface area contributed by atoms with Crippen LogP contribution in [0.2, 0.25) is 0 Å². The van der Waals surface area contributed by atoms with E-state index in [9.17, 15) is 13.2 Å². The Kier molecular flexibility index (Phi) is 5.78. The molecule has 0 spiro atoms. The van der Waals surface area contributed by atoms with Crippen molar-refractivity contribution >= 4 is 21.7 Å². The van der Waals surface area contributed by atoms with E-state index in [1.54, 1.807) is 13.2 Å². The highest BCUT2D eigenvalue weighted by Gasteiger charge is 2.31. The van der Waals surface area contributed by atoms with E-state index in [2.05, 4.69) is 9.72 Å². The lowest BCUT2D eigenvalue weighted by Gasteiger charge is -2.13. The molecule has 0 amide bonds. The molecule has 0 atom stereocenters. The number of ether oxygens (including phenoxy) is 2. The number of unbranched alkanes of at least 4 members (excludes halogenated alkanes) is 1. The molecule has 162 valence electrons. The minimum absolute atomic E-state index is 0.240. The first-order valence-electron chi connectivity index (χ1n) is 10.1. The smallest absolute Gasteiger partial charge is 0.495 e. The number of benzene rings is 3. The molecule has 1 heterocycles. The zero-order chi connectivity index (χ0) is 22.0. The van der Waals surface area contributed by atoms with Gasteiger partial charge < -0.3 is 20.2 Å². The van der Waals surface area contributed by atoms with Crippen molar-refractivity contribution in [1.29, 1.82) is 0 Å². The van der Waals surface area contributed by atoms with E-state index in [-0.39, 0.29) is 5.75 Å². The van der Waals surface area contributed by atoms with Crippen molar-refractivity contribution in [3.05, 3.63) is 60.2 Å². The first-order chi connectivity index (χ1) is 14.9. The third-order valence-corrected chi connectivity index (χ3v) is 5.35. The van der Waals surface area contributed by atoms with Crippen LogP contribution in [-0.4, -0.2) is 25.0 Å². The molecule has 0 unspecified atom stereocenters. The molecular formula is C24H23F3N2O2. The molecule has 7 heteroatoms. The van der Waals surface area contributed by atoms with Crippen molar-refractivity contribution in [1.82, 2.24) is 4.98 Å². The molecule has 4 aromatic rings. The number of fused-ring (bicyclic) bond motifs is 2. The third-order valence-electron chi connectivity index (χ3n) is 5.35. The van der Waals surface area contributed by atoms with Crippen LogP contribution in [0.3, 0.4) is 0 Å². The number of halogens is 3. The van der Waals surface area contributed by atoms with Gasteiger partial charge in [-0.15, -0.1) is 13.2 Å². The molecule has 0 fully saturated rings. The van der Waals surface area contributed by atoms with Gasteiger partial charge in [0.1, 0.15) is 11.5 Å². The van der Waals surface area contributed by atoms with Gasteiger partial charge in [0, 0.05) is 21.9 Å². The summed E-state index contributed by atoms with van der Waals surface area (Å²) in [7, 11) is 1.62. The molecule has 31 heavy (non-hydrogen) atoms. The molecule has 0 radical (unpaired) electrons. The van der Waals surface area contributed by atoms with Gasteiger partial charge in [-0.05, 0) is 61.0 Å². The summed E-state index contributed by atoms with van der Waals surface area (Å²) >= 11 is 0. The maximum absolute atomic E-state index is 12.7. The first-order valence-corrected chi connectivity index (χ1v) is 10.1.